The number of carboxylic acid groups (broad SMARTS) is 1. The van der Waals surface area contributed by atoms with Crippen molar-refractivity contribution in [3.8, 4) is 5.75 Å². The molecule has 1 fully saturated rings. The summed E-state index contributed by atoms with van der Waals surface area (Å²) >= 11 is 3.17. The van der Waals surface area contributed by atoms with Crippen LogP contribution in [0.5, 0.6) is 5.75 Å². The number of hydrogen-bond donors (Lipinski definition) is 2. The van der Waals surface area contributed by atoms with Gasteiger partial charge in [-0.05, 0) is 22.0 Å². The summed E-state index contributed by atoms with van der Waals surface area (Å²) in [4.78, 5) is 21.7. The molecule has 7 nitrogen and oxygen atoms in total. The van der Waals surface area contributed by atoms with Crippen LogP contribution in [0, 0.1) is 0 Å². The Morgan fingerprint density at radius 1 is 1.36 bits per heavy atom. The van der Waals surface area contributed by atoms with Crippen molar-refractivity contribution in [3.05, 3.63) is 46.3 Å². The van der Waals surface area contributed by atoms with Crippen molar-refractivity contribution in [2.75, 3.05) is 18.0 Å². The fourth-order valence-electron chi connectivity index (χ4n) is 3.64. The zero-order valence-corrected chi connectivity index (χ0v) is 14.9. The molecule has 1 aromatic heterocycles. The monoisotopic (exact) mass is 404 g/mol. The van der Waals surface area contributed by atoms with Crippen LogP contribution in [0.25, 0.3) is 0 Å². The standard InChI is InChI=1S/C17H17BrN4O3/c18-12-9-20-15(13(21-12)16(23)24)22-7-5-17(6-8-22)14(19)10-3-1-2-4-11(10)25-17/h1-4,9,14H,5-8,19H2,(H,23,24)/t14-/m1/s1. The van der Waals surface area contributed by atoms with E-state index in [2.05, 4.69) is 25.9 Å². The predicted molar refractivity (Wildman–Crippen MR) is 94.9 cm³/mol. The van der Waals surface area contributed by atoms with Crippen molar-refractivity contribution in [1.29, 1.82) is 0 Å². The molecule has 2 aromatic rings. The average molecular weight is 405 g/mol. The summed E-state index contributed by atoms with van der Waals surface area (Å²) in [6.07, 6.45) is 2.90. The minimum atomic E-state index is -1.09. The summed E-state index contributed by atoms with van der Waals surface area (Å²) in [5, 5.41) is 9.39. The Bertz CT molecular complexity index is 836. The first-order valence-corrected chi connectivity index (χ1v) is 8.84. The maximum Gasteiger partial charge on any atom is 0.358 e. The Morgan fingerprint density at radius 3 is 2.76 bits per heavy atom. The van der Waals surface area contributed by atoms with E-state index in [1.807, 2.05) is 29.2 Å². The molecule has 3 N–H and O–H groups in total. The van der Waals surface area contributed by atoms with E-state index in [0.717, 1.165) is 11.3 Å². The van der Waals surface area contributed by atoms with Crippen molar-refractivity contribution in [2.45, 2.75) is 24.5 Å². The lowest BCUT2D eigenvalue weighted by molar-refractivity contribution is 0.0430. The van der Waals surface area contributed by atoms with Crippen LogP contribution in [0.15, 0.2) is 35.1 Å². The molecular formula is C17H17BrN4O3. The van der Waals surface area contributed by atoms with E-state index < -0.39 is 11.6 Å². The fraction of sp³-hybridized carbons (Fsp3) is 0.353. The van der Waals surface area contributed by atoms with Crippen LogP contribution in [0.4, 0.5) is 5.82 Å². The first-order chi connectivity index (χ1) is 12.0. The number of piperidine rings is 1. The number of ether oxygens (including phenoxy) is 1. The minimum absolute atomic E-state index is 0.0507. The lowest BCUT2D eigenvalue weighted by atomic mass is 9.83. The van der Waals surface area contributed by atoms with Crippen molar-refractivity contribution < 1.29 is 14.6 Å². The van der Waals surface area contributed by atoms with Crippen LogP contribution in [-0.2, 0) is 0 Å². The Labute approximate surface area is 153 Å². The molecule has 4 rings (SSSR count). The van der Waals surface area contributed by atoms with E-state index in [4.69, 9.17) is 10.5 Å². The van der Waals surface area contributed by atoms with E-state index in [1.165, 1.54) is 6.20 Å². The average Bonchev–Trinajstić information content (AvgIpc) is 2.88. The third-order valence-electron chi connectivity index (χ3n) is 4.97. The van der Waals surface area contributed by atoms with E-state index in [-0.39, 0.29) is 11.7 Å². The number of aromatic carboxylic acids is 1. The normalized spacial score (nSPS) is 21.0. The Balaban J connectivity index is 1.56. The van der Waals surface area contributed by atoms with Gasteiger partial charge in [-0.3, -0.25) is 0 Å². The SMILES string of the molecule is N[C@@H]1c2ccccc2OC12CCN(c1ncc(Br)nc1C(=O)O)CC2. The molecule has 25 heavy (non-hydrogen) atoms. The third-order valence-corrected chi connectivity index (χ3v) is 5.35. The lowest BCUT2D eigenvalue weighted by Crippen LogP contribution is -2.51. The van der Waals surface area contributed by atoms with Crippen LogP contribution in [-0.4, -0.2) is 39.7 Å². The van der Waals surface area contributed by atoms with Gasteiger partial charge in [-0.1, -0.05) is 18.2 Å². The van der Waals surface area contributed by atoms with Gasteiger partial charge < -0.3 is 20.5 Å². The molecule has 1 spiro atoms. The summed E-state index contributed by atoms with van der Waals surface area (Å²) < 4.78 is 6.62. The van der Waals surface area contributed by atoms with Gasteiger partial charge in [0.05, 0.1) is 12.2 Å². The number of aromatic nitrogens is 2. The molecule has 2 aliphatic rings. The molecule has 1 aromatic carbocycles. The molecule has 0 saturated carbocycles. The van der Waals surface area contributed by atoms with Gasteiger partial charge in [0.2, 0.25) is 0 Å². The van der Waals surface area contributed by atoms with Gasteiger partial charge in [0.1, 0.15) is 16.0 Å². The number of hydrogen-bond acceptors (Lipinski definition) is 6. The van der Waals surface area contributed by atoms with Crippen LogP contribution < -0.4 is 15.4 Å². The van der Waals surface area contributed by atoms with Gasteiger partial charge >= 0.3 is 5.97 Å². The number of benzene rings is 1. The van der Waals surface area contributed by atoms with Crippen molar-refractivity contribution in [2.24, 2.45) is 5.73 Å². The smallest absolute Gasteiger partial charge is 0.358 e. The molecule has 0 unspecified atom stereocenters. The molecule has 0 aliphatic carbocycles. The molecule has 2 aliphatic heterocycles. The molecule has 0 amide bonds. The Hall–Kier alpha value is -2.19. The predicted octanol–water partition coefficient (Wildman–Crippen LogP) is 2.37. The number of halogens is 1. The molecule has 3 heterocycles. The van der Waals surface area contributed by atoms with Gasteiger partial charge in [-0.2, -0.15) is 0 Å². The highest BCUT2D eigenvalue weighted by molar-refractivity contribution is 9.10. The van der Waals surface area contributed by atoms with Gasteiger partial charge in [-0.15, -0.1) is 0 Å². The van der Waals surface area contributed by atoms with Gasteiger partial charge in [0.25, 0.3) is 0 Å². The summed E-state index contributed by atoms with van der Waals surface area (Å²) in [5.74, 6) is 0.137. The number of anilines is 1. The topological polar surface area (TPSA) is 102 Å². The zero-order valence-electron chi connectivity index (χ0n) is 13.4. The number of para-hydroxylation sites is 1. The molecule has 0 bridgehead atoms. The fourth-order valence-corrected chi connectivity index (χ4v) is 3.92. The number of nitrogens with two attached hydrogens (primary N) is 1. The molecule has 1 atom stereocenters. The summed E-state index contributed by atoms with van der Waals surface area (Å²) in [5.41, 5.74) is 7.01. The molecule has 0 radical (unpaired) electrons. The van der Waals surface area contributed by atoms with Crippen LogP contribution in [0.1, 0.15) is 34.9 Å². The third kappa shape index (κ3) is 2.65. The summed E-state index contributed by atoms with van der Waals surface area (Å²) in [6.45, 7) is 1.22. The van der Waals surface area contributed by atoms with Crippen molar-refractivity contribution in [3.63, 3.8) is 0 Å². The van der Waals surface area contributed by atoms with E-state index in [9.17, 15) is 9.90 Å². The van der Waals surface area contributed by atoms with E-state index >= 15 is 0 Å². The zero-order chi connectivity index (χ0) is 17.6. The molecule has 1 saturated heterocycles. The first-order valence-electron chi connectivity index (χ1n) is 8.04. The summed E-state index contributed by atoms with van der Waals surface area (Å²) in [6, 6.07) is 7.67. The maximum absolute atomic E-state index is 11.5. The number of carboxylic acids is 1. The van der Waals surface area contributed by atoms with Crippen LogP contribution >= 0.6 is 15.9 Å². The molecule has 130 valence electrons. The molecule has 8 heteroatoms. The highest BCUT2D eigenvalue weighted by Crippen LogP contribution is 2.47. The Kier molecular flexibility index (Phi) is 3.88. The van der Waals surface area contributed by atoms with Crippen LogP contribution in [0.3, 0.4) is 0 Å². The van der Waals surface area contributed by atoms with E-state index in [1.54, 1.807) is 0 Å². The Morgan fingerprint density at radius 2 is 2.08 bits per heavy atom. The van der Waals surface area contributed by atoms with Gasteiger partial charge in [-0.25, -0.2) is 14.8 Å². The highest BCUT2D eigenvalue weighted by Gasteiger charge is 2.48. The first kappa shape index (κ1) is 16.3. The minimum Gasteiger partial charge on any atom is -0.485 e. The number of fused-ring (bicyclic) bond motifs is 1. The number of rotatable bonds is 2. The quantitative estimate of drug-likeness (QED) is 0.791. The number of nitrogens with zero attached hydrogens (tertiary/aromatic N) is 3. The maximum atomic E-state index is 11.5. The van der Waals surface area contributed by atoms with E-state index in [0.29, 0.717) is 36.4 Å². The van der Waals surface area contributed by atoms with Crippen LogP contribution in [0.2, 0.25) is 0 Å². The second-order valence-corrected chi connectivity index (χ2v) is 7.15. The summed E-state index contributed by atoms with van der Waals surface area (Å²) in [7, 11) is 0. The van der Waals surface area contributed by atoms with Gasteiger partial charge in [0, 0.05) is 31.5 Å². The molecular weight excluding hydrogens is 388 g/mol. The van der Waals surface area contributed by atoms with Gasteiger partial charge in [0.15, 0.2) is 11.5 Å². The van der Waals surface area contributed by atoms with Crippen molar-refractivity contribution in [1.82, 2.24) is 9.97 Å². The second-order valence-electron chi connectivity index (χ2n) is 6.34. The highest BCUT2D eigenvalue weighted by atomic mass is 79.9. The second kappa shape index (κ2) is 5.96. The largest absolute Gasteiger partial charge is 0.485 e. The van der Waals surface area contributed by atoms with Crippen molar-refractivity contribution >= 4 is 27.7 Å². The number of carbonyl (C=O) groups is 1. The lowest BCUT2D eigenvalue weighted by Gasteiger charge is -2.41.